The fourth-order valence-electron chi connectivity index (χ4n) is 1.98. The Kier molecular flexibility index (Phi) is 5.09. The molecule has 0 saturated carbocycles. The molecule has 5 heteroatoms. The summed E-state index contributed by atoms with van der Waals surface area (Å²) >= 11 is 3.39. The highest BCUT2D eigenvalue weighted by Gasteiger charge is 2.11. The van der Waals surface area contributed by atoms with E-state index >= 15 is 0 Å². The first kappa shape index (κ1) is 15.7. The maximum atomic E-state index is 13.6. The van der Waals surface area contributed by atoms with E-state index in [0.717, 1.165) is 10.0 Å². The first-order chi connectivity index (χ1) is 9.97. The Morgan fingerprint density at radius 2 is 1.95 bits per heavy atom. The highest BCUT2D eigenvalue weighted by molar-refractivity contribution is 9.10. The van der Waals surface area contributed by atoms with Gasteiger partial charge >= 0.3 is 5.97 Å². The number of carboxylic acids is 1. The Hall–Kier alpha value is -1.72. The first-order valence-electron chi connectivity index (χ1n) is 6.48. The van der Waals surface area contributed by atoms with Gasteiger partial charge in [0.25, 0.3) is 0 Å². The van der Waals surface area contributed by atoms with E-state index in [1.807, 2.05) is 31.2 Å². The number of halogens is 2. The van der Waals surface area contributed by atoms with Gasteiger partial charge in [-0.2, -0.15) is 0 Å². The molecule has 0 aliphatic carbocycles. The van der Waals surface area contributed by atoms with Gasteiger partial charge in [-0.3, -0.25) is 0 Å². The third-order valence-corrected chi connectivity index (χ3v) is 3.77. The average Bonchev–Trinajstić information content (AvgIpc) is 2.45. The van der Waals surface area contributed by atoms with Crippen LogP contribution in [0.2, 0.25) is 0 Å². The van der Waals surface area contributed by atoms with Gasteiger partial charge in [0.05, 0.1) is 5.56 Å². The van der Waals surface area contributed by atoms with Crippen LogP contribution in [0, 0.1) is 5.82 Å². The van der Waals surface area contributed by atoms with Crippen molar-refractivity contribution >= 4 is 21.9 Å². The lowest BCUT2D eigenvalue weighted by Gasteiger charge is -2.14. The molecule has 0 aliphatic heterocycles. The minimum absolute atomic E-state index is 0.111. The van der Waals surface area contributed by atoms with Crippen LogP contribution >= 0.6 is 15.9 Å². The van der Waals surface area contributed by atoms with E-state index in [0.29, 0.717) is 12.1 Å². The lowest BCUT2D eigenvalue weighted by atomic mass is 10.1. The van der Waals surface area contributed by atoms with Crippen LogP contribution in [0.5, 0.6) is 0 Å². The summed E-state index contributed by atoms with van der Waals surface area (Å²) in [6.07, 6.45) is 0. The topological polar surface area (TPSA) is 49.3 Å². The highest BCUT2D eigenvalue weighted by Crippen LogP contribution is 2.17. The summed E-state index contributed by atoms with van der Waals surface area (Å²) in [6.45, 7) is 2.49. The number of carboxylic acid groups (broad SMARTS) is 1. The summed E-state index contributed by atoms with van der Waals surface area (Å²) in [6, 6.07) is 12.2. The van der Waals surface area contributed by atoms with Gasteiger partial charge in [-0.05, 0) is 42.3 Å². The van der Waals surface area contributed by atoms with Crippen molar-refractivity contribution in [1.29, 1.82) is 0 Å². The summed E-state index contributed by atoms with van der Waals surface area (Å²) in [4.78, 5) is 10.8. The van der Waals surface area contributed by atoms with Gasteiger partial charge in [0.2, 0.25) is 0 Å². The van der Waals surface area contributed by atoms with Gasteiger partial charge in [-0.25, -0.2) is 9.18 Å². The third-order valence-electron chi connectivity index (χ3n) is 3.25. The van der Waals surface area contributed by atoms with Crippen LogP contribution in [0.1, 0.15) is 34.5 Å². The van der Waals surface area contributed by atoms with Gasteiger partial charge in [0.15, 0.2) is 0 Å². The molecule has 0 aromatic heterocycles. The minimum atomic E-state index is -1.25. The molecule has 0 heterocycles. The van der Waals surface area contributed by atoms with Crippen molar-refractivity contribution in [2.75, 3.05) is 0 Å². The van der Waals surface area contributed by atoms with Crippen LogP contribution < -0.4 is 5.32 Å². The molecule has 2 aromatic rings. The summed E-state index contributed by atoms with van der Waals surface area (Å²) in [5.41, 5.74) is 1.53. The van der Waals surface area contributed by atoms with E-state index in [9.17, 15) is 9.18 Å². The molecule has 110 valence electrons. The summed E-state index contributed by atoms with van der Waals surface area (Å²) < 4.78 is 14.6. The molecule has 0 spiro atoms. The fourth-order valence-corrected chi connectivity index (χ4v) is 2.25. The number of carbonyl (C=O) groups is 1. The molecular weight excluding hydrogens is 337 g/mol. The third kappa shape index (κ3) is 4.12. The standard InChI is InChI=1S/C16H15BrFNO2/c1-10(12-3-5-13(17)6-4-12)19-9-11-2-7-14(16(20)21)15(18)8-11/h2-8,10,19H,9H2,1H3,(H,20,21). The molecular formula is C16H15BrFNO2. The number of benzene rings is 2. The van der Waals surface area contributed by atoms with Crippen LogP contribution in [0.15, 0.2) is 46.9 Å². The van der Waals surface area contributed by atoms with Crippen molar-refractivity contribution in [3.8, 4) is 0 Å². The number of hydrogen-bond acceptors (Lipinski definition) is 2. The Balaban J connectivity index is 2.01. The molecule has 3 nitrogen and oxygen atoms in total. The quantitative estimate of drug-likeness (QED) is 0.851. The number of rotatable bonds is 5. The van der Waals surface area contributed by atoms with Crippen molar-refractivity contribution in [3.63, 3.8) is 0 Å². The zero-order valence-corrected chi connectivity index (χ0v) is 13.0. The van der Waals surface area contributed by atoms with Crippen molar-refractivity contribution in [3.05, 3.63) is 69.4 Å². The second kappa shape index (κ2) is 6.83. The molecule has 2 N–H and O–H groups in total. The maximum absolute atomic E-state index is 13.6. The summed E-state index contributed by atoms with van der Waals surface area (Å²) in [5, 5.41) is 12.1. The molecule has 0 aliphatic rings. The predicted molar refractivity (Wildman–Crippen MR) is 82.8 cm³/mol. The van der Waals surface area contributed by atoms with Crippen molar-refractivity contribution in [1.82, 2.24) is 5.32 Å². The molecule has 1 unspecified atom stereocenters. The van der Waals surface area contributed by atoms with Crippen LogP contribution in [-0.4, -0.2) is 11.1 Å². The number of aromatic carboxylic acids is 1. The normalized spacial score (nSPS) is 12.1. The molecule has 0 radical (unpaired) electrons. The second-order valence-corrected chi connectivity index (χ2v) is 5.69. The van der Waals surface area contributed by atoms with Crippen LogP contribution in [0.25, 0.3) is 0 Å². The highest BCUT2D eigenvalue weighted by atomic mass is 79.9. The second-order valence-electron chi connectivity index (χ2n) is 4.77. The lowest BCUT2D eigenvalue weighted by molar-refractivity contribution is 0.0692. The fraction of sp³-hybridized carbons (Fsp3) is 0.188. The molecule has 0 amide bonds. The van der Waals surface area contributed by atoms with Crippen molar-refractivity contribution in [2.45, 2.75) is 19.5 Å². The van der Waals surface area contributed by atoms with Gasteiger partial charge in [0, 0.05) is 17.1 Å². The van der Waals surface area contributed by atoms with E-state index in [1.165, 1.54) is 12.1 Å². The van der Waals surface area contributed by atoms with Crippen molar-refractivity contribution < 1.29 is 14.3 Å². The molecule has 0 fully saturated rings. The molecule has 2 rings (SSSR count). The maximum Gasteiger partial charge on any atom is 0.338 e. The molecule has 1 atom stereocenters. The van der Waals surface area contributed by atoms with Gasteiger partial charge < -0.3 is 10.4 Å². The molecule has 21 heavy (non-hydrogen) atoms. The van der Waals surface area contributed by atoms with Gasteiger partial charge in [0.1, 0.15) is 5.82 Å². The van der Waals surface area contributed by atoms with Crippen molar-refractivity contribution in [2.24, 2.45) is 0 Å². The van der Waals surface area contributed by atoms with E-state index in [4.69, 9.17) is 5.11 Å². The molecule has 2 aromatic carbocycles. The molecule has 0 bridgehead atoms. The predicted octanol–water partition coefficient (Wildman–Crippen LogP) is 4.14. The van der Waals surface area contributed by atoms with E-state index in [1.54, 1.807) is 6.07 Å². The Morgan fingerprint density at radius 3 is 2.52 bits per heavy atom. The zero-order valence-electron chi connectivity index (χ0n) is 11.4. The van der Waals surface area contributed by atoms with E-state index in [2.05, 4.69) is 21.2 Å². The Bertz CT molecular complexity index is 643. The van der Waals surface area contributed by atoms with Crippen LogP contribution in [0.4, 0.5) is 4.39 Å². The van der Waals surface area contributed by atoms with Gasteiger partial charge in [-0.1, -0.05) is 34.1 Å². The smallest absolute Gasteiger partial charge is 0.338 e. The van der Waals surface area contributed by atoms with Crippen LogP contribution in [0.3, 0.4) is 0 Å². The largest absolute Gasteiger partial charge is 0.478 e. The summed E-state index contributed by atoms with van der Waals surface area (Å²) in [5.74, 6) is -1.96. The van der Waals surface area contributed by atoms with E-state index in [-0.39, 0.29) is 11.6 Å². The Labute approximate surface area is 130 Å². The number of nitrogens with one attached hydrogen (secondary N) is 1. The minimum Gasteiger partial charge on any atom is -0.478 e. The van der Waals surface area contributed by atoms with Crippen LogP contribution in [-0.2, 0) is 6.54 Å². The SMILES string of the molecule is CC(NCc1ccc(C(=O)O)c(F)c1)c1ccc(Br)cc1. The van der Waals surface area contributed by atoms with E-state index < -0.39 is 11.8 Å². The van der Waals surface area contributed by atoms with Gasteiger partial charge in [-0.15, -0.1) is 0 Å². The molecule has 0 saturated heterocycles. The number of hydrogen-bond donors (Lipinski definition) is 2. The monoisotopic (exact) mass is 351 g/mol. The Morgan fingerprint density at radius 1 is 1.29 bits per heavy atom. The average molecular weight is 352 g/mol. The zero-order chi connectivity index (χ0) is 15.4. The first-order valence-corrected chi connectivity index (χ1v) is 7.27. The lowest BCUT2D eigenvalue weighted by Crippen LogP contribution is -2.18. The summed E-state index contributed by atoms with van der Waals surface area (Å²) in [7, 11) is 0.